The smallest absolute Gasteiger partial charge is 0.227 e. The maximum absolute atomic E-state index is 13.5. The molecule has 2 saturated carbocycles. The van der Waals surface area contributed by atoms with Gasteiger partial charge in [0.25, 0.3) is 0 Å². The van der Waals surface area contributed by atoms with Crippen molar-refractivity contribution in [2.45, 2.75) is 63.5 Å². The zero-order valence-electron chi connectivity index (χ0n) is 17.4. The molecule has 1 amide bonds. The number of carbonyl (C=O) groups is 1. The van der Waals surface area contributed by atoms with E-state index in [1.54, 1.807) is 0 Å². The van der Waals surface area contributed by atoms with Gasteiger partial charge in [0.1, 0.15) is 0 Å². The van der Waals surface area contributed by atoms with Crippen molar-refractivity contribution < 1.29 is 9.53 Å². The lowest BCUT2D eigenvalue weighted by atomic mass is 9.54. The van der Waals surface area contributed by atoms with Gasteiger partial charge < -0.3 is 15.0 Å². The minimum Gasteiger partial charge on any atom is -0.378 e. The van der Waals surface area contributed by atoms with E-state index in [0.29, 0.717) is 18.1 Å². The Hall–Kier alpha value is -1.11. The molecule has 6 nitrogen and oxygen atoms in total. The molecule has 1 aromatic heterocycles. The van der Waals surface area contributed by atoms with E-state index in [4.69, 9.17) is 4.74 Å². The van der Waals surface area contributed by atoms with Gasteiger partial charge in [-0.1, -0.05) is 19.3 Å². The molecule has 2 heterocycles. The molecule has 0 bridgehead atoms. The Bertz CT molecular complexity index is 673. The highest BCUT2D eigenvalue weighted by Crippen LogP contribution is 2.55. The van der Waals surface area contributed by atoms with E-state index in [0.717, 1.165) is 26.1 Å². The number of aromatic nitrogens is 2. The molecule has 4 atom stereocenters. The first-order valence-electron chi connectivity index (χ1n) is 10.6. The first-order valence-corrected chi connectivity index (χ1v) is 10.6. The van der Waals surface area contributed by atoms with Crippen LogP contribution in [0.5, 0.6) is 0 Å². The zero-order valence-corrected chi connectivity index (χ0v) is 18.2. The number of rotatable bonds is 5. The highest BCUT2D eigenvalue weighted by molar-refractivity contribution is 5.85. The van der Waals surface area contributed by atoms with Crippen LogP contribution in [0.15, 0.2) is 12.4 Å². The van der Waals surface area contributed by atoms with Crippen molar-refractivity contribution >= 4 is 18.3 Å². The Balaban J connectivity index is 0.00000225. The van der Waals surface area contributed by atoms with Gasteiger partial charge in [-0.2, -0.15) is 5.10 Å². The summed E-state index contributed by atoms with van der Waals surface area (Å²) in [5.74, 6) is 0.517. The van der Waals surface area contributed by atoms with E-state index in [1.807, 2.05) is 25.0 Å². The van der Waals surface area contributed by atoms with Crippen molar-refractivity contribution in [1.82, 2.24) is 20.0 Å². The highest BCUT2D eigenvalue weighted by atomic mass is 35.5. The molecule has 0 aromatic carbocycles. The van der Waals surface area contributed by atoms with Gasteiger partial charge in [0.2, 0.25) is 5.91 Å². The van der Waals surface area contributed by atoms with E-state index >= 15 is 0 Å². The number of hydrogen-bond donors (Lipinski definition) is 1. The van der Waals surface area contributed by atoms with Crippen LogP contribution in [0.3, 0.4) is 0 Å². The second-order valence-corrected chi connectivity index (χ2v) is 8.76. The molecule has 1 aliphatic heterocycles. The number of nitrogens with zero attached hydrogens (tertiary/aromatic N) is 3. The Kier molecular flexibility index (Phi) is 6.72. The third-order valence-corrected chi connectivity index (χ3v) is 7.39. The number of ether oxygens (including phenoxy) is 1. The van der Waals surface area contributed by atoms with Crippen molar-refractivity contribution in [3.05, 3.63) is 18.0 Å². The van der Waals surface area contributed by atoms with Gasteiger partial charge in [-0.15, -0.1) is 12.4 Å². The Labute approximate surface area is 174 Å². The number of amides is 1. The summed E-state index contributed by atoms with van der Waals surface area (Å²) >= 11 is 0. The van der Waals surface area contributed by atoms with Gasteiger partial charge in [0.15, 0.2) is 0 Å². The standard InChI is InChI=1S/C21H34N4O2.ClH/c1-4-27-19-10-18(21(19)8-6-5-7-9-21)25(3)20(26)17-13-22-12-16(17)15-11-23-24(2)14-15;/h11,14,16-19,22H,4-10,12-13H2,1-3H3;1H/t16-,17+,18?,19?;/m1./s1. The molecule has 2 aliphatic carbocycles. The SMILES string of the molecule is CCOC1CC(N(C)C(=O)[C@H]2CNC[C@@H]2c2cnn(C)c2)C12CCCCC2.Cl. The zero-order chi connectivity index (χ0) is 19.0. The Morgan fingerprint density at radius 3 is 2.75 bits per heavy atom. The van der Waals surface area contributed by atoms with Gasteiger partial charge in [-0.05, 0) is 31.7 Å². The van der Waals surface area contributed by atoms with Gasteiger partial charge in [-0.3, -0.25) is 9.48 Å². The van der Waals surface area contributed by atoms with Gasteiger partial charge in [0, 0.05) is 57.4 Å². The molecule has 3 fully saturated rings. The van der Waals surface area contributed by atoms with Crippen LogP contribution in [0.1, 0.15) is 56.9 Å². The maximum atomic E-state index is 13.5. The molecule has 2 unspecified atom stereocenters. The first-order chi connectivity index (χ1) is 13.1. The molecule has 158 valence electrons. The van der Waals surface area contributed by atoms with Crippen molar-refractivity contribution in [3.8, 4) is 0 Å². The topological polar surface area (TPSA) is 59.4 Å². The van der Waals surface area contributed by atoms with E-state index < -0.39 is 0 Å². The molecular weight excluding hydrogens is 376 g/mol. The average Bonchev–Trinajstić information content (AvgIpc) is 3.33. The molecule has 28 heavy (non-hydrogen) atoms. The molecule has 3 aliphatic rings. The summed E-state index contributed by atoms with van der Waals surface area (Å²) in [7, 11) is 3.97. The van der Waals surface area contributed by atoms with Gasteiger partial charge >= 0.3 is 0 Å². The summed E-state index contributed by atoms with van der Waals surface area (Å²) in [4.78, 5) is 15.6. The second kappa shape index (κ2) is 8.72. The molecule has 1 aromatic rings. The van der Waals surface area contributed by atoms with E-state index in [2.05, 4.69) is 28.4 Å². The molecule has 4 rings (SSSR count). The third kappa shape index (κ3) is 3.59. The molecule has 0 radical (unpaired) electrons. The fourth-order valence-electron chi connectivity index (χ4n) is 5.91. The summed E-state index contributed by atoms with van der Waals surface area (Å²) in [6, 6.07) is 0.331. The van der Waals surface area contributed by atoms with E-state index in [-0.39, 0.29) is 29.7 Å². The second-order valence-electron chi connectivity index (χ2n) is 8.76. The largest absolute Gasteiger partial charge is 0.378 e. The van der Waals surface area contributed by atoms with Crippen LogP contribution in [0.2, 0.25) is 0 Å². The van der Waals surface area contributed by atoms with Crippen molar-refractivity contribution in [3.63, 3.8) is 0 Å². The maximum Gasteiger partial charge on any atom is 0.227 e. The lowest BCUT2D eigenvalue weighted by Crippen LogP contribution is -2.66. The van der Waals surface area contributed by atoms with Crippen molar-refractivity contribution in [1.29, 1.82) is 0 Å². The molecular formula is C21H35ClN4O2. The Morgan fingerprint density at radius 2 is 2.11 bits per heavy atom. The van der Waals surface area contributed by atoms with Crippen LogP contribution < -0.4 is 5.32 Å². The Morgan fingerprint density at radius 1 is 1.36 bits per heavy atom. The van der Waals surface area contributed by atoms with Crippen molar-refractivity contribution in [2.24, 2.45) is 18.4 Å². The minimum absolute atomic E-state index is 0. The summed E-state index contributed by atoms with van der Waals surface area (Å²) in [6.45, 7) is 4.47. The van der Waals surface area contributed by atoms with Crippen LogP contribution in [-0.2, 0) is 16.6 Å². The summed E-state index contributed by atoms with van der Waals surface area (Å²) in [5, 5.41) is 7.74. The molecule has 1 spiro atoms. The molecule has 1 N–H and O–H groups in total. The summed E-state index contributed by atoms with van der Waals surface area (Å²) in [5.41, 5.74) is 1.36. The third-order valence-electron chi connectivity index (χ3n) is 7.39. The fourth-order valence-corrected chi connectivity index (χ4v) is 5.91. The molecule has 1 saturated heterocycles. The fraction of sp³-hybridized carbons (Fsp3) is 0.810. The van der Waals surface area contributed by atoms with E-state index in [1.165, 1.54) is 37.7 Å². The van der Waals surface area contributed by atoms with Gasteiger partial charge in [0.05, 0.1) is 18.2 Å². The number of nitrogens with one attached hydrogen (secondary N) is 1. The number of hydrogen-bond acceptors (Lipinski definition) is 4. The van der Waals surface area contributed by atoms with Crippen LogP contribution in [0.25, 0.3) is 0 Å². The number of aryl methyl sites for hydroxylation is 1. The lowest BCUT2D eigenvalue weighted by molar-refractivity contribution is -0.186. The minimum atomic E-state index is 0. The predicted molar refractivity (Wildman–Crippen MR) is 112 cm³/mol. The average molecular weight is 411 g/mol. The van der Waals surface area contributed by atoms with Crippen LogP contribution >= 0.6 is 12.4 Å². The summed E-state index contributed by atoms with van der Waals surface area (Å²) < 4.78 is 7.92. The number of carbonyl (C=O) groups excluding carboxylic acids is 1. The van der Waals surface area contributed by atoms with E-state index in [9.17, 15) is 4.79 Å². The normalized spacial score (nSPS) is 31.2. The van der Waals surface area contributed by atoms with Crippen molar-refractivity contribution in [2.75, 3.05) is 26.7 Å². The lowest BCUT2D eigenvalue weighted by Gasteiger charge is -2.60. The van der Waals surface area contributed by atoms with Crippen LogP contribution in [0.4, 0.5) is 0 Å². The highest BCUT2D eigenvalue weighted by Gasteiger charge is 2.58. The van der Waals surface area contributed by atoms with Crippen LogP contribution in [0, 0.1) is 11.3 Å². The quantitative estimate of drug-likeness (QED) is 0.810. The van der Waals surface area contributed by atoms with Gasteiger partial charge in [-0.25, -0.2) is 0 Å². The van der Waals surface area contributed by atoms with Crippen LogP contribution in [-0.4, -0.2) is 59.5 Å². The monoisotopic (exact) mass is 410 g/mol. The summed E-state index contributed by atoms with van der Waals surface area (Å²) in [6.07, 6.45) is 11.6. The first kappa shape index (κ1) is 21.6. The molecule has 7 heteroatoms. The predicted octanol–water partition coefficient (Wildman–Crippen LogP) is 2.73. The number of halogens is 1.